The Bertz CT molecular complexity index is 1660. The van der Waals surface area contributed by atoms with Crippen molar-refractivity contribution in [3.05, 3.63) is 99.8 Å². The number of rotatable bonds is 6. The maximum absolute atomic E-state index is 13.4. The first-order valence-electron chi connectivity index (χ1n) is 12.1. The summed E-state index contributed by atoms with van der Waals surface area (Å²) in [6.07, 6.45) is 0. The summed E-state index contributed by atoms with van der Waals surface area (Å²) in [6, 6.07) is 16.7. The first-order valence-corrected chi connectivity index (χ1v) is 14.2. The van der Waals surface area contributed by atoms with Crippen molar-refractivity contribution in [1.82, 2.24) is 10.2 Å². The molecule has 1 atom stereocenters. The van der Waals surface area contributed by atoms with E-state index in [2.05, 4.69) is 10.2 Å². The first kappa shape index (κ1) is 26.3. The highest BCUT2D eigenvalue weighted by Crippen LogP contribution is 2.45. The summed E-state index contributed by atoms with van der Waals surface area (Å²) >= 11 is 8.78. The quantitative estimate of drug-likeness (QED) is 0.0949. The monoisotopic (exact) mass is 595 g/mol. The molecule has 6 rings (SSSR count). The molecule has 1 fully saturated rings. The Labute approximate surface area is 241 Å². The molecular weight excluding hydrogens is 577 g/mol. The number of fused-ring (bicyclic) bond motifs is 1. The SMILES string of the molecule is O=C1C(=O)N(c2nnc(SCc3ccc(F)cc3)s2)C(c2cccc(Cl)c2)/C1=C(\O)c1ccc2c(c1)OCCO2. The fraction of sp³-hybridized carbons (Fsp3) is 0.143. The van der Waals surface area contributed by atoms with E-state index in [9.17, 15) is 19.1 Å². The second kappa shape index (κ2) is 10.9. The number of carbonyl (C=O) groups is 2. The fourth-order valence-corrected chi connectivity index (χ4v) is 6.47. The molecule has 8 nitrogen and oxygen atoms in total. The molecule has 0 bridgehead atoms. The van der Waals surface area contributed by atoms with Crippen LogP contribution in [0.5, 0.6) is 11.5 Å². The third-order valence-corrected chi connectivity index (χ3v) is 8.66. The molecule has 1 N–H and O–H groups in total. The van der Waals surface area contributed by atoms with Crippen molar-refractivity contribution >= 4 is 57.3 Å². The van der Waals surface area contributed by atoms with E-state index < -0.39 is 17.7 Å². The van der Waals surface area contributed by atoms with Crippen molar-refractivity contribution < 1.29 is 28.6 Å². The van der Waals surface area contributed by atoms with Crippen LogP contribution in [-0.4, -0.2) is 40.2 Å². The van der Waals surface area contributed by atoms with Crippen LogP contribution in [0.3, 0.4) is 0 Å². The second-order valence-corrected chi connectivity index (χ2v) is 11.5. The predicted molar refractivity (Wildman–Crippen MR) is 150 cm³/mol. The van der Waals surface area contributed by atoms with E-state index in [-0.39, 0.29) is 22.3 Å². The number of thioether (sulfide) groups is 1. The molecule has 1 unspecified atom stereocenters. The Morgan fingerprint density at radius 2 is 1.82 bits per heavy atom. The lowest BCUT2D eigenvalue weighted by Gasteiger charge is -2.23. The predicted octanol–water partition coefficient (Wildman–Crippen LogP) is 6.02. The van der Waals surface area contributed by atoms with Gasteiger partial charge in [0, 0.05) is 16.3 Å². The zero-order chi connectivity index (χ0) is 27.8. The Morgan fingerprint density at radius 3 is 2.60 bits per heavy atom. The number of hydrogen-bond acceptors (Lipinski definition) is 9. The van der Waals surface area contributed by atoms with Crippen LogP contribution in [0.1, 0.15) is 22.7 Å². The molecule has 202 valence electrons. The van der Waals surface area contributed by atoms with Crippen LogP contribution in [0.2, 0.25) is 5.02 Å². The van der Waals surface area contributed by atoms with Crippen molar-refractivity contribution in [2.24, 2.45) is 0 Å². The van der Waals surface area contributed by atoms with Crippen LogP contribution < -0.4 is 14.4 Å². The molecule has 40 heavy (non-hydrogen) atoms. The minimum Gasteiger partial charge on any atom is -0.507 e. The number of ether oxygens (including phenoxy) is 2. The lowest BCUT2D eigenvalue weighted by Crippen LogP contribution is -2.29. The lowest BCUT2D eigenvalue weighted by molar-refractivity contribution is -0.132. The number of ketones is 1. The van der Waals surface area contributed by atoms with Crippen LogP contribution >= 0.6 is 34.7 Å². The zero-order valence-corrected chi connectivity index (χ0v) is 22.9. The molecule has 0 radical (unpaired) electrons. The molecule has 0 spiro atoms. The Hall–Kier alpha value is -3.93. The number of aliphatic hydroxyl groups excluding tert-OH is 1. The van der Waals surface area contributed by atoms with Crippen molar-refractivity contribution in [3.63, 3.8) is 0 Å². The van der Waals surface area contributed by atoms with E-state index in [0.29, 0.717) is 51.0 Å². The maximum Gasteiger partial charge on any atom is 0.301 e. The number of aliphatic hydroxyl groups is 1. The van der Waals surface area contributed by atoms with Gasteiger partial charge in [0.1, 0.15) is 24.8 Å². The molecule has 1 aromatic heterocycles. The number of nitrogens with zero attached hydrogens (tertiary/aromatic N) is 3. The van der Waals surface area contributed by atoms with Crippen LogP contribution in [0.4, 0.5) is 9.52 Å². The van der Waals surface area contributed by atoms with Gasteiger partial charge in [0.2, 0.25) is 5.13 Å². The molecule has 3 heterocycles. The highest BCUT2D eigenvalue weighted by molar-refractivity contribution is 8.00. The number of Topliss-reactive ketones (excluding diaryl/α,β-unsaturated/α-hetero) is 1. The highest BCUT2D eigenvalue weighted by atomic mass is 35.5. The minimum atomic E-state index is -1.00. The van der Waals surface area contributed by atoms with Gasteiger partial charge in [0.25, 0.3) is 5.78 Å². The number of anilines is 1. The zero-order valence-electron chi connectivity index (χ0n) is 20.5. The van der Waals surface area contributed by atoms with Crippen LogP contribution in [0.15, 0.2) is 76.6 Å². The van der Waals surface area contributed by atoms with Gasteiger partial charge in [0.15, 0.2) is 15.8 Å². The molecule has 2 aliphatic rings. The number of amides is 1. The number of halogens is 2. The first-order chi connectivity index (χ1) is 19.4. The van der Waals surface area contributed by atoms with E-state index in [4.69, 9.17) is 21.1 Å². The standard InChI is InChI=1S/C28H19ClFN3O5S2/c29-18-3-1-2-16(12-18)23-22(24(34)17-6-9-20-21(13-17)38-11-10-37-20)25(35)26(36)33(23)27-31-32-28(40-27)39-14-15-4-7-19(30)8-5-15/h1-9,12-13,23,34H,10-11,14H2/b24-22+. The highest BCUT2D eigenvalue weighted by Gasteiger charge is 2.48. The van der Waals surface area contributed by atoms with E-state index in [0.717, 1.165) is 16.9 Å². The molecule has 1 saturated heterocycles. The third-order valence-electron chi connectivity index (χ3n) is 6.30. The van der Waals surface area contributed by atoms with Gasteiger partial charge < -0.3 is 14.6 Å². The number of benzene rings is 3. The summed E-state index contributed by atoms with van der Waals surface area (Å²) < 4.78 is 25.0. The van der Waals surface area contributed by atoms with Gasteiger partial charge in [-0.1, -0.05) is 59.0 Å². The van der Waals surface area contributed by atoms with Gasteiger partial charge in [-0.25, -0.2) is 4.39 Å². The van der Waals surface area contributed by atoms with E-state index in [1.165, 1.54) is 28.8 Å². The summed E-state index contributed by atoms with van der Waals surface area (Å²) in [7, 11) is 0. The molecule has 0 saturated carbocycles. The fourth-order valence-electron chi connectivity index (χ4n) is 4.45. The molecule has 12 heteroatoms. The topological polar surface area (TPSA) is 102 Å². The number of hydrogen-bond donors (Lipinski definition) is 1. The van der Waals surface area contributed by atoms with Crippen molar-refractivity contribution in [3.8, 4) is 11.5 Å². The lowest BCUT2D eigenvalue weighted by atomic mass is 9.95. The molecule has 3 aromatic carbocycles. The molecule has 4 aromatic rings. The van der Waals surface area contributed by atoms with Crippen molar-refractivity contribution in [2.45, 2.75) is 16.1 Å². The van der Waals surface area contributed by atoms with Crippen molar-refractivity contribution in [2.75, 3.05) is 18.1 Å². The van der Waals surface area contributed by atoms with E-state index in [1.807, 2.05) is 0 Å². The van der Waals surface area contributed by atoms with Crippen LogP contribution in [0.25, 0.3) is 5.76 Å². The van der Waals surface area contributed by atoms with Gasteiger partial charge >= 0.3 is 5.91 Å². The maximum atomic E-state index is 13.4. The van der Waals surface area contributed by atoms with Gasteiger partial charge in [-0.3, -0.25) is 14.5 Å². The molecular formula is C28H19ClFN3O5S2. The van der Waals surface area contributed by atoms with Gasteiger partial charge in [-0.05, 0) is 53.6 Å². The van der Waals surface area contributed by atoms with Crippen LogP contribution in [0, 0.1) is 5.82 Å². The summed E-state index contributed by atoms with van der Waals surface area (Å²) in [5.74, 6) is -0.943. The Kier molecular flexibility index (Phi) is 7.18. The minimum absolute atomic E-state index is 0.111. The average molecular weight is 596 g/mol. The Balaban J connectivity index is 1.38. The largest absolute Gasteiger partial charge is 0.507 e. The van der Waals surface area contributed by atoms with Gasteiger partial charge in [-0.2, -0.15) is 0 Å². The van der Waals surface area contributed by atoms with E-state index in [1.54, 1.807) is 54.6 Å². The normalized spacial score (nSPS) is 17.9. The van der Waals surface area contributed by atoms with Crippen molar-refractivity contribution in [1.29, 1.82) is 0 Å². The number of carbonyl (C=O) groups excluding carboxylic acids is 2. The van der Waals surface area contributed by atoms with E-state index >= 15 is 0 Å². The summed E-state index contributed by atoms with van der Waals surface area (Å²) in [5.41, 5.74) is 1.59. The van der Waals surface area contributed by atoms with Gasteiger partial charge in [-0.15, -0.1) is 10.2 Å². The third kappa shape index (κ3) is 5.03. The smallest absolute Gasteiger partial charge is 0.301 e. The summed E-state index contributed by atoms with van der Waals surface area (Å²) in [6.45, 7) is 0.757. The summed E-state index contributed by atoms with van der Waals surface area (Å²) in [5, 5.41) is 20.4. The molecule has 1 amide bonds. The van der Waals surface area contributed by atoms with Gasteiger partial charge in [0.05, 0.1) is 11.6 Å². The summed E-state index contributed by atoms with van der Waals surface area (Å²) in [4.78, 5) is 28.1. The molecule has 2 aliphatic heterocycles. The average Bonchev–Trinajstić information content (AvgIpc) is 3.54. The van der Waals surface area contributed by atoms with Crippen LogP contribution in [-0.2, 0) is 15.3 Å². The second-order valence-electron chi connectivity index (χ2n) is 8.85. The molecule has 0 aliphatic carbocycles. The Morgan fingerprint density at radius 1 is 1.05 bits per heavy atom. The number of aromatic nitrogens is 2.